The Bertz CT molecular complexity index is 852. The van der Waals surface area contributed by atoms with Crippen LogP contribution in [0.2, 0.25) is 5.02 Å². The van der Waals surface area contributed by atoms with E-state index in [-0.39, 0.29) is 5.82 Å². The first-order chi connectivity index (χ1) is 10.1. The summed E-state index contributed by atoms with van der Waals surface area (Å²) in [5.74, 6) is 0.373. The van der Waals surface area contributed by atoms with Crippen molar-refractivity contribution in [3.8, 4) is 11.4 Å². The average molecular weight is 302 g/mol. The van der Waals surface area contributed by atoms with Gasteiger partial charge in [-0.15, -0.1) is 0 Å². The predicted molar refractivity (Wildman–Crippen MR) is 82.8 cm³/mol. The van der Waals surface area contributed by atoms with E-state index in [2.05, 4.69) is 9.55 Å². The lowest BCUT2D eigenvalue weighted by molar-refractivity contribution is 0.628. The van der Waals surface area contributed by atoms with Gasteiger partial charge in [0, 0.05) is 17.3 Å². The molecule has 4 rings (SSSR count). The van der Waals surface area contributed by atoms with Gasteiger partial charge in [-0.2, -0.15) is 0 Å². The van der Waals surface area contributed by atoms with Crippen molar-refractivity contribution >= 4 is 28.3 Å². The third kappa shape index (κ3) is 1.98. The van der Waals surface area contributed by atoms with Crippen LogP contribution in [0.1, 0.15) is 18.9 Å². The number of nitrogen functional groups attached to an aromatic ring is 1. The van der Waals surface area contributed by atoms with Crippen molar-refractivity contribution in [1.29, 1.82) is 0 Å². The maximum Gasteiger partial charge on any atom is 0.143 e. The van der Waals surface area contributed by atoms with Crippen molar-refractivity contribution in [1.82, 2.24) is 9.55 Å². The van der Waals surface area contributed by atoms with Gasteiger partial charge in [0.2, 0.25) is 0 Å². The molecule has 1 fully saturated rings. The van der Waals surface area contributed by atoms with Crippen LogP contribution in [0.5, 0.6) is 0 Å². The van der Waals surface area contributed by atoms with Crippen LogP contribution in [0, 0.1) is 5.82 Å². The van der Waals surface area contributed by atoms with E-state index in [4.69, 9.17) is 17.3 Å². The van der Waals surface area contributed by atoms with E-state index in [0.717, 1.165) is 23.9 Å². The van der Waals surface area contributed by atoms with E-state index < -0.39 is 0 Å². The molecule has 1 aliphatic carbocycles. The Balaban J connectivity index is 2.07. The molecule has 0 amide bonds. The molecule has 0 aliphatic heterocycles. The first-order valence-corrected chi connectivity index (χ1v) is 7.25. The zero-order chi connectivity index (χ0) is 14.6. The number of hydrogen-bond donors (Lipinski definition) is 1. The highest BCUT2D eigenvalue weighted by Gasteiger charge is 2.30. The zero-order valence-corrected chi connectivity index (χ0v) is 11.9. The Morgan fingerprint density at radius 3 is 2.81 bits per heavy atom. The number of nitrogens with two attached hydrogens (primary N) is 1. The molecule has 21 heavy (non-hydrogen) atoms. The van der Waals surface area contributed by atoms with Crippen molar-refractivity contribution in [3.05, 3.63) is 47.2 Å². The Morgan fingerprint density at radius 2 is 2.05 bits per heavy atom. The number of nitrogens with zero attached hydrogens (tertiary/aromatic N) is 2. The third-order valence-corrected chi connectivity index (χ3v) is 4.13. The highest BCUT2D eigenvalue weighted by molar-refractivity contribution is 6.35. The van der Waals surface area contributed by atoms with Crippen LogP contribution in [0.4, 0.5) is 10.1 Å². The molecule has 1 saturated carbocycles. The van der Waals surface area contributed by atoms with E-state index in [1.54, 1.807) is 6.07 Å². The second-order valence-electron chi connectivity index (χ2n) is 5.38. The number of hydrogen-bond acceptors (Lipinski definition) is 2. The van der Waals surface area contributed by atoms with Gasteiger partial charge in [-0.05, 0) is 43.2 Å². The number of fused-ring (bicyclic) bond motifs is 1. The quantitative estimate of drug-likeness (QED) is 0.712. The Morgan fingerprint density at radius 1 is 1.24 bits per heavy atom. The monoisotopic (exact) mass is 301 g/mol. The summed E-state index contributed by atoms with van der Waals surface area (Å²) in [4.78, 5) is 4.64. The van der Waals surface area contributed by atoms with Crippen LogP contribution < -0.4 is 5.73 Å². The van der Waals surface area contributed by atoms with Crippen molar-refractivity contribution in [2.24, 2.45) is 0 Å². The van der Waals surface area contributed by atoms with Gasteiger partial charge in [0.05, 0.1) is 16.1 Å². The van der Waals surface area contributed by atoms with E-state index in [0.29, 0.717) is 28.1 Å². The fourth-order valence-electron chi connectivity index (χ4n) is 2.71. The molecular formula is C16H13ClFN3. The number of imidazole rings is 1. The summed E-state index contributed by atoms with van der Waals surface area (Å²) in [6, 6.07) is 10.4. The molecule has 2 aromatic carbocycles. The minimum atomic E-state index is -0.320. The topological polar surface area (TPSA) is 43.8 Å². The second kappa shape index (κ2) is 4.46. The van der Waals surface area contributed by atoms with Crippen LogP contribution in [0.3, 0.4) is 0 Å². The second-order valence-corrected chi connectivity index (χ2v) is 5.78. The molecule has 3 aromatic rings. The summed E-state index contributed by atoms with van der Waals surface area (Å²) >= 11 is 6.34. The lowest BCUT2D eigenvalue weighted by atomic mass is 10.1. The summed E-state index contributed by atoms with van der Waals surface area (Å²) in [6.07, 6.45) is 2.16. The minimum Gasteiger partial charge on any atom is -0.398 e. The molecule has 0 radical (unpaired) electrons. The molecule has 1 heterocycles. The van der Waals surface area contributed by atoms with Crippen LogP contribution in [0.25, 0.3) is 22.4 Å². The Hall–Kier alpha value is -2.07. The number of para-hydroxylation sites is 1. The van der Waals surface area contributed by atoms with Gasteiger partial charge in [-0.3, -0.25) is 0 Å². The van der Waals surface area contributed by atoms with E-state index >= 15 is 0 Å². The van der Waals surface area contributed by atoms with Gasteiger partial charge >= 0.3 is 0 Å². The van der Waals surface area contributed by atoms with Crippen molar-refractivity contribution in [2.75, 3.05) is 5.73 Å². The SMILES string of the molecule is Nc1ccc(F)cc1-c1nc2cccc(Cl)c2n1C1CC1. The maximum atomic E-state index is 13.6. The summed E-state index contributed by atoms with van der Waals surface area (Å²) in [7, 11) is 0. The average Bonchev–Trinajstić information content (AvgIpc) is 3.22. The molecule has 0 saturated heterocycles. The number of aromatic nitrogens is 2. The molecule has 0 bridgehead atoms. The molecule has 0 spiro atoms. The highest BCUT2D eigenvalue weighted by Crippen LogP contribution is 2.43. The third-order valence-electron chi connectivity index (χ3n) is 3.83. The van der Waals surface area contributed by atoms with E-state index in [1.807, 2.05) is 18.2 Å². The molecule has 0 unspecified atom stereocenters. The standard InChI is InChI=1S/C16H13ClFN3/c17-12-2-1-3-14-15(12)21(10-5-6-10)16(20-14)11-8-9(18)4-7-13(11)19/h1-4,7-8,10H,5-6,19H2. The molecular weight excluding hydrogens is 289 g/mol. The normalized spacial score (nSPS) is 14.8. The van der Waals surface area contributed by atoms with Crippen LogP contribution in [-0.2, 0) is 0 Å². The fraction of sp³-hybridized carbons (Fsp3) is 0.188. The van der Waals surface area contributed by atoms with Gasteiger partial charge in [0.1, 0.15) is 11.6 Å². The first kappa shape index (κ1) is 12.7. The number of anilines is 1. The van der Waals surface area contributed by atoms with Gasteiger partial charge in [-0.1, -0.05) is 17.7 Å². The molecule has 1 aliphatic rings. The number of rotatable bonds is 2. The predicted octanol–water partition coefficient (Wildman–Crippen LogP) is 4.41. The first-order valence-electron chi connectivity index (χ1n) is 6.87. The van der Waals surface area contributed by atoms with E-state index in [9.17, 15) is 4.39 Å². The van der Waals surface area contributed by atoms with Crippen molar-refractivity contribution in [2.45, 2.75) is 18.9 Å². The lowest BCUT2D eigenvalue weighted by Gasteiger charge is -2.10. The fourth-order valence-corrected chi connectivity index (χ4v) is 2.97. The van der Waals surface area contributed by atoms with Gasteiger partial charge in [0.25, 0.3) is 0 Å². The Labute approximate surface area is 126 Å². The molecule has 106 valence electrons. The van der Waals surface area contributed by atoms with Gasteiger partial charge < -0.3 is 10.3 Å². The molecule has 1 aromatic heterocycles. The maximum absolute atomic E-state index is 13.6. The zero-order valence-electron chi connectivity index (χ0n) is 11.2. The van der Waals surface area contributed by atoms with Crippen LogP contribution >= 0.6 is 11.6 Å². The van der Waals surface area contributed by atoms with Gasteiger partial charge in [-0.25, -0.2) is 9.37 Å². The minimum absolute atomic E-state index is 0.320. The summed E-state index contributed by atoms with van der Waals surface area (Å²) in [6.45, 7) is 0. The molecule has 2 N–H and O–H groups in total. The largest absolute Gasteiger partial charge is 0.398 e. The summed E-state index contributed by atoms with van der Waals surface area (Å²) in [5.41, 5.74) is 8.87. The van der Waals surface area contributed by atoms with Crippen molar-refractivity contribution in [3.63, 3.8) is 0 Å². The Kier molecular flexibility index (Phi) is 2.69. The van der Waals surface area contributed by atoms with Crippen LogP contribution in [0.15, 0.2) is 36.4 Å². The van der Waals surface area contributed by atoms with E-state index in [1.165, 1.54) is 12.1 Å². The number of benzene rings is 2. The summed E-state index contributed by atoms with van der Waals surface area (Å²) < 4.78 is 15.7. The van der Waals surface area contributed by atoms with Crippen LogP contribution in [-0.4, -0.2) is 9.55 Å². The lowest BCUT2D eigenvalue weighted by Crippen LogP contribution is -2.00. The summed E-state index contributed by atoms with van der Waals surface area (Å²) in [5, 5.41) is 0.660. The molecule has 0 atom stereocenters. The highest BCUT2D eigenvalue weighted by atomic mass is 35.5. The number of halogens is 2. The van der Waals surface area contributed by atoms with Gasteiger partial charge in [0.15, 0.2) is 0 Å². The smallest absolute Gasteiger partial charge is 0.143 e. The van der Waals surface area contributed by atoms with Crippen molar-refractivity contribution < 1.29 is 4.39 Å². The molecule has 5 heteroatoms. The molecule has 3 nitrogen and oxygen atoms in total.